The molecule has 0 saturated heterocycles. The Hall–Kier alpha value is -0.830. The Morgan fingerprint density at radius 3 is 2.62 bits per heavy atom. The van der Waals surface area contributed by atoms with Crippen LogP contribution in [0.1, 0.15) is 50.3 Å². The summed E-state index contributed by atoms with van der Waals surface area (Å²) < 4.78 is 1.93. The Morgan fingerprint density at radius 1 is 1.25 bits per heavy atom. The predicted octanol–water partition coefficient (Wildman–Crippen LogP) is 2.79. The van der Waals surface area contributed by atoms with Crippen LogP contribution in [0.15, 0.2) is 6.20 Å². The molecule has 1 rings (SSSR count). The summed E-state index contributed by atoms with van der Waals surface area (Å²) >= 11 is 0. The van der Waals surface area contributed by atoms with Gasteiger partial charge < -0.3 is 5.32 Å². The second-order valence-corrected chi connectivity index (χ2v) is 4.47. The fourth-order valence-corrected chi connectivity index (χ4v) is 1.79. The lowest BCUT2D eigenvalue weighted by atomic mass is 10.1. The number of aromatic nitrogens is 2. The second kappa shape index (κ2) is 7.44. The minimum absolute atomic E-state index is 0.952. The van der Waals surface area contributed by atoms with E-state index in [0.717, 1.165) is 13.1 Å². The SMILES string of the molecule is CCCCCCCNCc1cnn(C)c1C. The number of hydrogen-bond donors (Lipinski definition) is 1. The molecule has 1 aromatic rings. The van der Waals surface area contributed by atoms with Gasteiger partial charge in [0, 0.05) is 24.8 Å². The molecule has 1 heterocycles. The summed E-state index contributed by atoms with van der Waals surface area (Å²) in [6, 6.07) is 0. The Kier molecular flexibility index (Phi) is 6.16. The Balaban J connectivity index is 2.05. The van der Waals surface area contributed by atoms with Crippen LogP contribution in [0.25, 0.3) is 0 Å². The molecule has 0 fully saturated rings. The average Bonchev–Trinajstić information content (AvgIpc) is 2.59. The van der Waals surface area contributed by atoms with Gasteiger partial charge >= 0.3 is 0 Å². The van der Waals surface area contributed by atoms with Crippen molar-refractivity contribution < 1.29 is 0 Å². The molecule has 0 radical (unpaired) electrons. The highest BCUT2D eigenvalue weighted by Gasteiger charge is 2.01. The second-order valence-electron chi connectivity index (χ2n) is 4.47. The summed E-state index contributed by atoms with van der Waals surface area (Å²) in [5, 5.41) is 7.71. The molecule has 0 atom stereocenters. The Morgan fingerprint density at radius 2 is 2.00 bits per heavy atom. The van der Waals surface area contributed by atoms with Crippen LogP contribution < -0.4 is 5.32 Å². The van der Waals surface area contributed by atoms with Crippen molar-refractivity contribution in [2.75, 3.05) is 6.54 Å². The highest BCUT2D eigenvalue weighted by molar-refractivity contribution is 5.15. The molecule has 0 spiro atoms. The van der Waals surface area contributed by atoms with Gasteiger partial charge in [0.15, 0.2) is 0 Å². The average molecular weight is 223 g/mol. The van der Waals surface area contributed by atoms with E-state index in [1.807, 2.05) is 17.9 Å². The van der Waals surface area contributed by atoms with E-state index in [-0.39, 0.29) is 0 Å². The van der Waals surface area contributed by atoms with E-state index in [2.05, 4.69) is 24.3 Å². The first-order valence-electron chi connectivity index (χ1n) is 6.44. The van der Waals surface area contributed by atoms with Gasteiger partial charge in [-0.1, -0.05) is 32.6 Å². The third-order valence-corrected chi connectivity index (χ3v) is 3.11. The van der Waals surface area contributed by atoms with Gasteiger partial charge in [-0.3, -0.25) is 4.68 Å². The third kappa shape index (κ3) is 4.35. The van der Waals surface area contributed by atoms with Crippen LogP contribution in [0.4, 0.5) is 0 Å². The minimum atomic E-state index is 0.952. The van der Waals surface area contributed by atoms with E-state index in [0.29, 0.717) is 0 Å². The van der Waals surface area contributed by atoms with E-state index in [4.69, 9.17) is 0 Å². The molecule has 0 aliphatic carbocycles. The Labute approximate surface area is 99.2 Å². The maximum Gasteiger partial charge on any atom is 0.0537 e. The largest absolute Gasteiger partial charge is 0.313 e. The van der Waals surface area contributed by atoms with Crippen LogP contribution in [0.2, 0.25) is 0 Å². The molecule has 16 heavy (non-hydrogen) atoms. The molecule has 3 heteroatoms. The van der Waals surface area contributed by atoms with Crippen molar-refractivity contribution in [3.63, 3.8) is 0 Å². The zero-order chi connectivity index (χ0) is 11.8. The van der Waals surface area contributed by atoms with Crippen LogP contribution in [-0.2, 0) is 13.6 Å². The molecule has 0 unspecified atom stereocenters. The minimum Gasteiger partial charge on any atom is -0.313 e. The van der Waals surface area contributed by atoms with E-state index in [1.54, 1.807) is 0 Å². The van der Waals surface area contributed by atoms with Gasteiger partial charge in [0.2, 0.25) is 0 Å². The summed E-state index contributed by atoms with van der Waals surface area (Å²) in [5.41, 5.74) is 2.58. The van der Waals surface area contributed by atoms with Crippen LogP contribution in [0, 0.1) is 6.92 Å². The lowest BCUT2D eigenvalue weighted by Crippen LogP contribution is -2.15. The van der Waals surface area contributed by atoms with E-state index in [1.165, 1.54) is 43.4 Å². The number of nitrogens with one attached hydrogen (secondary N) is 1. The number of hydrogen-bond acceptors (Lipinski definition) is 2. The lowest BCUT2D eigenvalue weighted by molar-refractivity contribution is 0.582. The van der Waals surface area contributed by atoms with Crippen molar-refractivity contribution in [1.29, 1.82) is 0 Å². The number of nitrogens with zero attached hydrogens (tertiary/aromatic N) is 2. The van der Waals surface area contributed by atoms with Crippen molar-refractivity contribution in [1.82, 2.24) is 15.1 Å². The highest BCUT2D eigenvalue weighted by Crippen LogP contribution is 2.05. The summed E-state index contributed by atoms with van der Waals surface area (Å²) in [6.45, 7) is 6.44. The summed E-state index contributed by atoms with van der Waals surface area (Å²) in [6.07, 6.45) is 8.68. The fourth-order valence-electron chi connectivity index (χ4n) is 1.79. The number of unbranched alkanes of at least 4 members (excludes halogenated alkanes) is 4. The van der Waals surface area contributed by atoms with Gasteiger partial charge in [-0.05, 0) is 19.9 Å². The van der Waals surface area contributed by atoms with E-state index >= 15 is 0 Å². The summed E-state index contributed by atoms with van der Waals surface area (Å²) in [5.74, 6) is 0. The van der Waals surface area contributed by atoms with Crippen LogP contribution >= 0.6 is 0 Å². The van der Waals surface area contributed by atoms with E-state index < -0.39 is 0 Å². The molecule has 0 amide bonds. The van der Waals surface area contributed by atoms with Crippen molar-refractivity contribution >= 4 is 0 Å². The van der Waals surface area contributed by atoms with Crippen LogP contribution in [-0.4, -0.2) is 16.3 Å². The zero-order valence-electron chi connectivity index (χ0n) is 10.9. The molecule has 3 nitrogen and oxygen atoms in total. The first-order valence-corrected chi connectivity index (χ1v) is 6.44. The van der Waals surface area contributed by atoms with Crippen molar-refractivity contribution in [3.05, 3.63) is 17.5 Å². The lowest BCUT2D eigenvalue weighted by Gasteiger charge is -2.04. The zero-order valence-corrected chi connectivity index (χ0v) is 10.9. The molecule has 0 aliphatic rings. The number of rotatable bonds is 8. The van der Waals surface area contributed by atoms with Crippen LogP contribution in [0.5, 0.6) is 0 Å². The highest BCUT2D eigenvalue weighted by atomic mass is 15.3. The maximum atomic E-state index is 4.23. The van der Waals surface area contributed by atoms with Crippen LogP contribution in [0.3, 0.4) is 0 Å². The third-order valence-electron chi connectivity index (χ3n) is 3.11. The molecule has 1 aromatic heterocycles. The topological polar surface area (TPSA) is 29.9 Å². The van der Waals surface area contributed by atoms with Gasteiger partial charge in [-0.2, -0.15) is 5.10 Å². The van der Waals surface area contributed by atoms with Gasteiger partial charge in [0.1, 0.15) is 0 Å². The predicted molar refractivity (Wildman–Crippen MR) is 68.4 cm³/mol. The molecule has 92 valence electrons. The van der Waals surface area contributed by atoms with Gasteiger partial charge in [-0.25, -0.2) is 0 Å². The Bertz CT molecular complexity index is 291. The maximum absolute atomic E-state index is 4.23. The normalized spacial score (nSPS) is 10.9. The first kappa shape index (κ1) is 13.2. The van der Waals surface area contributed by atoms with Crippen molar-refractivity contribution in [3.8, 4) is 0 Å². The molecule has 0 saturated carbocycles. The molecule has 1 N–H and O–H groups in total. The quantitative estimate of drug-likeness (QED) is 0.687. The summed E-state index contributed by atoms with van der Waals surface area (Å²) in [7, 11) is 1.99. The fraction of sp³-hybridized carbons (Fsp3) is 0.769. The smallest absolute Gasteiger partial charge is 0.0537 e. The monoisotopic (exact) mass is 223 g/mol. The number of aryl methyl sites for hydroxylation is 1. The standard InChI is InChI=1S/C13H25N3/c1-4-5-6-7-8-9-14-10-13-11-15-16(3)12(13)2/h11,14H,4-10H2,1-3H3. The van der Waals surface area contributed by atoms with Gasteiger partial charge in [-0.15, -0.1) is 0 Å². The van der Waals surface area contributed by atoms with Crippen molar-refractivity contribution in [2.45, 2.75) is 52.5 Å². The summed E-state index contributed by atoms with van der Waals surface area (Å²) in [4.78, 5) is 0. The molecule has 0 bridgehead atoms. The van der Waals surface area contributed by atoms with E-state index in [9.17, 15) is 0 Å². The van der Waals surface area contributed by atoms with Crippen molar-refractivity contribution in [2.24, 2.45) is 7.05 Å². The molecule has 0 aromatic carbocycles. The van der Waals surface area contributed by atoms with Gasteiger partial charge in [0.25, 0.3) is 0 Å². The molecular formula is C13H25N3. The molecular weight excluding hydrogens is 198 g/mol. The first-order chi connectivity index (χ1) is 7.75. The van der Waals surface area contributed by atoms with Gasteiger partial charge in [0.05, 0.1) is 6.20 Å². The molecule has 0 aliphatic heterocycles.